The van der Waals surface area contributed by atoms with Gasteiger partial charge in [0, 0.05) is 0 Å². The van der Waals surface area contributed by atoms with Gasteiger partial charge in [0.2, 0.25) is 0 Å². The first-order valence-corrected chi connectivity index (χ1v) is 5.66. The van der Waals surface area contributed by atoms with Gasteiger partial charge in [0.25, 0.3) is 0 Å². The number of ether oxygens (including phenoxy) is 1. The SMILES string of the molecule is COc1ccccc1N.Nc1cccc(C(=O)O)c1O. The van der Waals surface area contributed by atoms with Crippen molar-refractivity contribution in [2.24, 2.45) is 0 Å². The summed E-state index contributed by atoms with van der Waals surface area (Å²) in [5.41, 5.74) is 11.3. The number of hydrogen-bond acceptors (Lipinski definition) is 5. The van der Waals surface area contributed by atoms with E-state index in [0.29, 0.717) is 5.69 Å². The fourth-order valence-corrected chi connectivity index (χ4v) is 1.40. The molecule has 0 bridgehead atoms. The third-order valence-corrected chi connectivity index (χ3v) is 2.44. The van der Waals surface area contributed by atoms with Crippen LogP contribution in [0.4, 0.5) is 11.4 Å². The van der Waals surface area contributed by atoms with Crippen molar-refractivity contribution in [3.8, 4) is 11.5 Å². The van der Waals surface area contributed by atoms with Gasteiger partial charge < -0.3 is 26.4 Å². The zero-order chi connectivity index (χ0) is 15.1. The second-order valence-electron chi connectivity index (χ2n) is 3.79. The minimum absolute atomic E-state index is 0.0740. The molecule has 2 rings (SSSR count). The Morgan fingerprint density at radius 1 is 1.05 bits per heavy atom. The predicted octanol–water partition coefficient (Wildman–Crippen LogP) is 1.95. The Hall–Kier alpha value is -2.89. The number of para-hydroxylation sites is 3. The topological polar surface area (TPSA) is 119 Å². The first kappa shape index (κ1) is 15.2. The van der Waals surface area contributed by atoms with E-state index in [-0.39, 0.29) is 17.0 Å². The molecule has 0 radical (unpaired) electrons. The highest BCUT2D eigenvalue weighted by molar-refractivity contribution is 5.92. The zero-order valence-electron chi connectivity index (χ0n) is 10.9. The monoisotopic (exact) mass is 276 g/mol. The van der Waals surface area contributed by atoms with Gasteiger partial charge in [-0.05, 0) is 24.3 Å². The van der Waals surface area contributed by atoms with E-state index < -0.39 is 5.97 Å². The van der Waals surface area contributed by atoms with Crippen molar-refractivity contribution in [3.05, 3.63) is 48.0 Å². The summed E-state index contributed by atoms with van der Waals surface area (Å²) in [6.07, 6.45) is 0. The normalized spacial score (nSPS) is 9.25. The summed E-state index contributed by atoms with van der Waals surface area (Å²) in [6, 6.07) is 11.6. The molecule has 0 spiro atoms. The lowest BCUT2D eigenvalue weighted by Crippen LogP contribution is -1.98. The second kappa shape index (κ2) is 6.89. The standard InChI is InChI=1S/C7H7NO3.C7H9NO/c8-5-3-1-2-4(6(5)9)7(10)11;1-9-7-5-3-2-4-6(7)8/h1-3,9H,8H2,(H,10,11);2-5H,8H2,1H3. The maximum Gasteiger partial charge on any atom is 0.339 e. The highest BCUT2D eigenvalue weighted by Crippen LogP contribution is 2.23. The Bertz CT molecular complexity index is 599. The molecule has 2 aromatic carbocycles. The van der Waals surface area contributed by atoms with E-state index in [2.05, 4.69) is 0 Å². The Morgan fingerprint density at radius 3 is 2.10 bits per heavy atom. The molecule has 2 aromatic rings. The maximum absolute atomic E-state index is 10.4. The number of phenols is 1. The highest BCUT2D eigenvalue weighted by atomic mass is 16.5. The van der Waals surface area contributed by atoms with Crippen LogP contribution in [-0.2, 0) is 0 Å². The van der Waals surface area contributed by atoms with E-state index >= 15 is 0 Å². The van der Waals surface area contributed by atoms with E-state index in [0.717, 1.165) is 5.75 Å². The molecule has 0 unspecified atom stereocenters. The number of carboxylic acid groups (broad SMARTS) is 1. The maximum atomic E-state index is 10.4. The number of benzene rings is 2. The van der Waals surface area contributed by atoms with E-state index in [4.69, 9.17) is 26.4 Å². The van der Waals surface area contributed by atoms with E-state index in [1.54, 1.807) is 13.2 Å². The van der Waals surface area contributed by atoms with E-state index in [1.165, 1.54) is 18.2 Å². The van der Waals surface area contributed by atoms with Gasteiger partial charge in [-0.3, -0.25) is 0 Å². The number of rotatable bonds is 2. The molecule has 6 N–H and O–H groups in total. The first-order chi connectivity index (χ1) is 9.47. The summed E-state index contributed by atoms with van der Waals surface area (Å²) in [5, 5.41) is 17.5. The molecule has 6 heteroatoms. The number of aromatic hydroxyl groups is 1. The average Bonchev–Trinajstić information content (AvgIpc) is 2.43. The van der Waals surface area contributed by atoms with Crippen molar-refractivity contribution in [2.45, 2.75) is 0 Å². The molecule has 0 aromatic heterocycles. The van der Waals surface area contributed by atoms with Crippen molar-refractivity contribution < 1.29 is 19.7 Å². The molecule has 0 fully saturated rings. The summed E-state index contributed by atoms with van der Waals surface area (Å²) < 4.78 is 4.92. The van der Waals surface area contributed by atoms with Crippen LogP contribution in [0.2, 0.25) is 0 Å². The molecule has 0 aliphatic heterocycles. The van der Waals surface area contributed by atoms with Crippen LogP contribution in [0.5, 0.6) is 11.5 Å². The predicted molar refractivity (Wildman–Crippen MR) is 76.9 cm³/mol. The Balaban J connectivity index is 0.000000204. The molecule has 0 amide bonds. The van der Waals surface area contributed by atoms with Gasteiger partial charge in [-0.2, -0.15) is 0 Å². The van der Waals surface area contributed by atoms with Gasteiger partial charge in [-0.1, -0.05) is 18.2 Å². The highest BCUT2D eigenvalue weighted by Gasteiger charge is 2.09. The summed E-state index contributed by atoms with van der Waals surface area (Å²) >= 11 is 0. The smallest absolute Gasteiger partial charge is 0.339 e. The van der Waals surface area contributed by atoms with Crippen LogP contribution in [0.3, 0.4) is 0 Å². The van der Waals surface area contributed by atoms with Gasteiger partial charge >= 0.3 is 5.97 Å². The van der Waals surface area contributed by atoms with Crippen LogP contribution in [-0.4, -0.2) is 23.3 Å². The minimum Gasteiger partial charge on any atom is -0.505 e. The average molecular weight is 276 g/mol. The quantitative estimate of drug-likeness (QED) is 0.491. The first-order valence-electron chi connectivity index (χ1n) is 5.66. The molecule has 6 nitrogen and oxygen atoms in total. The third kappa shape index (κ3) is 3.81. The molecule has 0 atom stereocenters. The van der Waals surface area contributed by atoms with E-state index in [1.807, 2.05) is 18.2 Å². The largest absolute Gasteiger partial charge is 0.505 e. The number of methoxy groups -OCH3 is 1. The minimum atomic E-state index is -1.19. The van der Waals surface area contributed by atoms with Crippen LogP contribution in [0, 0.1) is 0 Å². The molecule has 0 aliphatic rings. The third-order valence-electron chi connectivity index (χ3n) is 2.44. The fraction of sp³-hybridized carbons (Fsp3) is 0.0714. The Kier molecular flexibility index (Phi) is 5.22. The lowest BCUT2D eigenvalue weighted by atomic mass is 10.2. The number of nitrogens with two attached hydrogens (primary N) is 2. The van der Waals surface area contributed by atoms with E-state index in [9.17, 15) is 4.79 Å². The number of anilines is 2. The summed E-state index contributed by atoms with van der Waals surface area (Å²) in [4.78, 5) is 10.4. The molecule has 0 saturated carbocycles. The van der Waals surface area contributed by atoms with Gasteiger partial charge in [0.1, 0.15) is 11.3 Å². The van der Waals surface area contributed by atoms with Crippen LogP contribution in [0.25, 0.3) is 0 Å². The van der Waals surface area contributed by atoms with Gasteiger partial charge in [0.15, 0.2) is 5.75 Å². The number of hydrogen-bond donors (Lipinski definition) is 4. The molecule has 20 heavy (non-hydrogen) atoms. The van der Waals surface area contributed by atoms with Crippen molar-refractivity contribution in [1.29, 1.82) is 0 Å². The molecule has 0 saturated heterocycles. The molecule has 106 valence electrons. The number of nitrogen functional groups attached to an aromatic ring is 2. The summed E-state index contributed by atoms with van der Waals surface area (Å²) in [7, 11) is 1.60. The van der Waals surface area contributed by atoms with Gasteiger partial charge in [0.05, 0.1) is 18.5 Å². The Morgan fingerprint density at radius 2 is 1.65 bits per heavy atom. The summed E-state index contributed by atoms with van der Waals surface area (Å²) in [6.45, 7) is 0. The van der Waals surface area contributed by atoms with Crippen LogP contribution in [0.15, 0.2) is 42.5 Å². The number of carboxylic acids is 1. The molecule has 0 heterocycles. The molecule has 0 aliphatic carbocycles. The van der Waals surface area contributed by atoms with Crippen LogP contribution >= 0.6 is 0 Å². The number of carbonyl (C=O) groups is 1. The van der Waals surface area contributed by atoms with Crippen molar-refractivity contribution in [2.75, 3.05) is 18.6 Å². The van der Waals surface area contributed by atoms with Crippen LogP contribution < -0.4 is 16.2 Å². The Labute approximate surface area is 116 Å². The van der Waals surface area contributed by atoms with Gasteiger partial charge in [-0.15, -0.1) is 0 Å². The molecular weight excluding hydrogens is 260 g/mol. The van der Waals surface area contributed by atoms with Gasteiger partial charge in [-0.25, -0.2) is 4.79 Å². The fourth-order valence-electron chi connectivity index (χ4n) is 1.40. The molecular formula is C14H16N2O4. The summed E-state index contributed by atoms with van der Waals surface area (Å²) in [5.74, 6) is -0.827. The lowest BCUT2D eigenvalue weighted by molar-refractivity contribution is 0.0694. The van der Waals surface area contributed by atoms with Crippen molar-refractivity contribution in [1.82, 2.24) is 0 Å². The lowest BCUT2D eigenvalue weighted by Gasteiger charge is -2.00. The second-order valence-corrected chi connectivity index (χ2v) is 3.79. The van der Waals surface area contributed by atoms with Crippen molar-refractivity contribution in [3.63, 3.8) is 0 Å². The zero-order valence-corrected chi connectivity index (χ0v) is 10.9. The van der Waals surface area contributed by atoms with Crippen molar-refractivity contribution >= 4 is 17.3 Å². The number of aromatic carboxylic acids is 1. The van der Waals surface area contributed by atoms with Crippen LogP contribution in [0.1, 0.15) is 10.4 Å².